The molecular formula is C14H15NO4. The number of esters is 1. The maximum atomic E-state index is 11.5. The highest BCUT2D eigenvalue weighted by Crippen LogP contribution is 2.32. The molecule has 19 heavy (non-hydrogen) atoms. The summed E-state index contributed by atoms with van der Waals surface area (Å²) in [6.45, 7) is 1.89. The molecule has 1 rings (SSSR count). The van der Waals surface area contributed by atoms with Crippen molar-refractivity contribution in [3.8, 4) is 17.6 Å². The Morgan fingerprint density at radius 2 is 2.11 bits per heavy atom. The van der Waals surface area contributed by atoms with E-state index in [1.54, 1.807) is 25.1 Å². The van der Waals surface area contributed by atoms with Gasteiger partial charge in [0.25, 0.3) is 0 Å². The largest absolute Gasteiger partial charge is 0.493 e. The quantitative estimate of drug-likeness (QED) is 0.461. The predicted octanol–water partition coefficient (Wildman–Crippen LogP) is 2.17. The molecule has 0 aliphatic rings. The maximum absolute atomic E-state index is 11.5. The highest BCUT2D eigenvalue weighted by molar-refractivity contribution is 5.98. The van der Waals surface area contributed by atoms with Gasteiger partial charge in [-0.3, -0.25) is 0 Å². The van der Waals surface area contributed by atoms with E-state index in [1.807, 2.05) is 6.07 Å². The monoisotopic (exact) mass is 261 g/mol. The molecule has 0 saturated heterocycles. The molecule has 5 nitrogen and oxygen atoms in total. The number of hydrogen-bond acceptors (Lipinski definition) is 5. The fourth-order valence-corrected chi connectivity index (χ4v) is 1.53. The summed E-state index contributed by atoms with van der Waals surface area (Å²) in [4.78, 5) is 11.5. The fourth-order valence-electron chi connectivity index (χ4n) is 1.53. The third-order valence-corrected chi connectivity index (χ3v) is 2.35. The Labute approximate surface area is 112 Å². The van der Waals surface area contributed by atoms with Crippen LogP contribution >= 0.6 is 0 Å². The Morgan fingerprint density at radius 1 is 1.37 bits per heavy atom. The summed E-state index contributed by atoms with van der Waals surface area (Å²) < 4.78 is 15.2. The molecule has 100 valence electrons. The Balaban J connectivity index is 3.22. The maximum Gasteiger partial charge on any atom is 0.348 e. The van der Waals surface area contributed by atoms with Crippen LogP contribution in [-0.4, -0.2) is 26.8 Å². The molecule has 0 aliphatic carbocycles. The molecular weight excluding hydrogens is 246 g/mol. The second-order valence-electron chi connectivity index (χ2n) is 3.47. The van der Waals surface area contributed by atoms with Gasteiger partial charge < -0.3 is 14.2 Å². The lowest BCUT2D eigenvalue weighted by molar-refractivity contribution is -0.137. The average Bonchev–Trinajstić information content (AvgIpc) is 2.44. The van der Waals surface area contributed by atoms with Crippen molar-refractivity contribution in [3.63, 3.8) is 0 Å². The highest BCUT2D eigenvalue weighted by Gasteiger charge is 2.13. The molecule has 0 heterocycles. The minimum atomic E-state index is -0.658. The zero-order valence-electron chi connectivity index (χ0n) is 11.1. The van der Waals surface area contributed by atoms with Crippen molar-refractivity contribution >= 4 is 12.0 Å². The Bertz CT molecular complexity index is 529. The number of nitrogens with zero attached hydrogens (tertiary/aromatic N) is 1. The summed E-state index contributed by atoms with van der Waals surface area (Å²) in [6, 6.07) is 7.01. The van der Waals surface area contributed by atoms with Crippen LogP contribution in [0.1, 0.15) is 12.5 Å². The number of ether oxygens (including phenoxy) is 3. The van der Waals surface area contributed by atoms with E-state index in [2.05, 4.69) is 0 Å². The van der Waals surface area contributed by atoms with Gasteiger partial charge in [0.2, 0.25) is 0 Å². The van der Waals surface area contributed by atoms with Crippen molar-refractivity contribution < 1.29 is 19.0 Å². The second-order valence-corrected chi connectivity index (χ2v) is 3.47. The first kappa shape index (κ1) is 14.6. The first-order chi connectivity index (χ1) is 9.17. The normalized spacial score (nSPS) is 10.5. The molecule has 0 aromatic heterocycles. The second kappa shape index (κ2) is 7.07. The fraction of sp³-hybridized carbons (Fsp3) is 0.286. The third kappa shape index (κ3) is 3.49. The lowest BCUT2D eigenvalue weighted by Crippen LogP contribution is -2.06. The first-order valence-corrected chi connectivity index (χ1v) is 5.67. The third-order valence-electron chi connectivity index (χ3n) is 2.35. The summed E-state index contributed by atoms with van der Waals surface area (Å²) in [5.41, 5.74) is 0.486. The molecule has 0 saturated carbocycles. The minimum absolute atomic E-state index is 0.0894. The van der Waals surface area contributed by atoms with Crippen LogP contribution < -0.4 is 9.47 Å². The summed E-state index contributed by atoms with van der Waals surface area (Å²) in [7, 11) is 3.01. The Kier molecular flexibility index (Phi) is 5.42. The predicted molar refractivity (Wildman–Crippen MR) is 69.8 cm³/mol. The van der Waals surface area contributed by atoms with Crippen molar-refractivity contribution in [2.24, 2.45) is 0 Å². The molecule has 0 N–H and O–H groups in total. The van der Waals surface area contributed by atoms with Crippen LogP contribution in [0.3, 0.4) is 0 Å². The number of rotatable bonds is 5. The van der Waals surface area contributed by atoms with Gasteiger partial charge in [-0.25, -0.2) is 4.79 Å². The molecule has 5 heteroatoms. The average molecular weight is 261 g/mol. The lowest BCUT2D eigenvalue weighted by atomic mass is 10.1. The summed E-state index contributed by atoms with van der Waals surface area (Å²) >= 11 is 0. The molecule has 1 aromatic carbocycles. The van der Waals surface area contributed by atoms with Gasteiger partial charge in [-0.15, -0.1) is 0 Å². The molecule has 0 atom stereocenters. The summed E-state index contributed by atoms with van der Waals surface area (Å²) in [5.74, 6) is 0.328. The highest BCUT2D eigenvalue weighted by atomic mass is 16.5. The van der Waals surface area contributed by atoms with Crippen LogP contribution in [0.15, 0.2) is 23.8 Å². The number of methoxy groups -OCH3 is 2. The van der Waals surface area contributed by atoms with Gasteiger partial charge in [0.1, 0.15) is 11.6 Å². The van der Waals surface area contributed by atoms with Crippen LogP contribution in [-0.2, 0) is 9.53 Å². The van der Waals surface area contributed by atoms with Gasteiger partial charge in [-0.2, -0.15) is 5.26 Å². The van der Waals surface area contributed by atoms with Gasteiger partial charge in [0.15, 0.2) is 11.5 Å². The molecule has 0 unspecified atom stereocenters. The van der Waals surface area contributed by atoms with E-state index in [-0.39, 0.29) is 12.2 Å². The van der Waals surface area contributed by atoms with Gasteiger partial charge in [-0.05, 0) is 19.1 Å². The SMILES string of the molecule is CCOC(=O)/C(C#N)=C/c1cccc(OC)c1OC. The molecule has 0 amide bonds. The number of carbonyl (C=O) groups excluding carboxylic acids is 1. The van der Waals surface area contributed by atoms with Crippen LogP contribution in [0.4, 0.5) is 0 Å². The number of para-hydroxylation sites is 1. The zero-order chi connectivity index (χ0) is 14.3. The van der Waals surface area contributed by atoms with Gasteiger partial charge in [0.05, 0.1) is 20.8 Å². The van der Waals surface area contributed by atoms with E-state index in [9.17, 15) is 4.79 Å². The first-order valence-electron chi connectivity index (χ1n) is 5.67. The van der Waals surface area contributed by atoms with E-state index in [0.717, 1.165) is 0 Å². The van der Waals surface area contributed by atoms with Gasteiger partial charge >= 0.3 is 5.97 Å². The zero-order valence-corrected chi connectivity index (χ0v) is 11.1. The molecule has 0 radical (unpaired) electrons. The Hall–Kier alpha value is -2.48. The molecule has 0 bridgehead atoms. The van der Waals surface area contributed by atoms with E-state index < -0.39 is 5.97 Å². The molecule has 0 spiro atoms. The topological polar surface area (TPSA) is 68.6 Å². The van der Waals surface area contributed by atoms with Crippen LogP contribution in [0.25, 0.3) is 6.08 Å². The number of nitriles is 1. The van der Waals surface area contributed by atoms with E-state index in [1.165, 1.54) is 20.3 Å². The van der Waals surface area contributed by atoms with Crippen LogP contribution in [0.2, 0.25) is 0 Å². The number of hydrogen-bond donors (Lipinski definition) is 0. The van der Waals surface area contributed by atoms with Crippen molar-refractivity contribution in [2.75, 3.05) is 20.8 Å². The van der Waals surface area contributed by atoms with Crippen molar-refractivity contribution in [2.45, 2.75) is 6.92 Å². The van der Waals surface area contributed by atoms with Gasteiger partial charge in [-0.1, -0.05) is 12.1 Å². The lowest BCUT2D eigenvalue weighted by Gasteiger charge is -2.10. The van der Waals surface area contributed by atoms with Crippen LogP contribution in [0, 0.1) is 11.3 Å². The Morgan fingerprint density at radius 3 is 2.63 bits per heavy atom. The standard InChI is InChI=1S/C14H15NO4/c1-4-19-14(16)11(9-15)8-10-6-5-7-12(17-2)13(10)18-3/h5-8H,4H2,1-3H3/b11-8+. The molecule has 1 aromatic rings. The smallest absolute Gasteiger partial charge is 0.348 e. The number of carbonyl (C=O) groups is 1. The van der Waals surface area contributed by atoms with E-state index in [0.29, 0.717) is 17.1 Å². The molecule has 0 fully saturated rings. The van der Waals surface area contributed by atoms with Gasteiger partial charge in [0, 0.05) is 5.56 Å². The van der Waals surface area contributed by atoms with E-state index in [4.69, 9.17) is 19.5 Å². The van der Waals surface area contributed by atoms with Crippen molar-refractivity contribution in [1.82, 2.24) is 0 Å². The number of benzene rings is 1. The summed E-state index contributed by atoms with van der Waals surface area (Å²) in [5, 5.41) is 8.98. The van der Waals surface area contributed by atoms with E-state index >= 15 is 0 Å². The molecule has 0 aliphatic heterocycles. The summed E-state index contributed by atoms with van der Waals surface area (Å²) in [6.07, 6.45) is 1.42. The van der Waals surface area contributed by atoms with Crippen LogP contribution in [0.5, 0.6) is 11.5 Å². The minimum Gasteiger partial charge on any atom is -0.493 e. The van der Waals surface area contributed by atoms with Crippen molar-refractivity contribution in [3.05, 3.63) is 29.3 Å². The van der Waals surface area contributed by atoms with Crippen molar-refractivity contribution in [1.29, 1.82) is 5.26 Å².